The lowest BCUT2D eigenvalue weighted by Gasteiger charge is -2.35. The zero-order valence-electron chi connectivity index (χ0n) is 25.4. The summed E-state index contributed by atoms with van der Waals surface area (Å²) in [6.07, 6.45) is 5.47. The summed E-state index contributed by atoms with van der Waals surface area (Å²) in [5.74, 6) is 1.20. The van der Waals surface area contributed by atoms with Crippen LogP contribution in [0.5, 0.6) is 5.75 Å². The van der Waals surface area contributed by atoms with Crippen molar-refractivity contribution in [1.82, 2.24) is 24.9 Å². The molecule has 8 nitrogen and oxygen atoms in total. The Hall–Kier alpha value is -2.52. The number of benzene rings is 2. The molecule has 0 saturated carbocycles. The molecule has 3 amide bonds. The summed E-state index contributed by atoms with van der Waals surface area (Å²) in [5, 5.41) is 4.10. The van der Waals surface area contributed by atoms with Crippen molar-refractivity contribution in [3.05, 3.63) is 63.6 Å². The van der Waals surface area contributed by atoms with Crippen molar-refractivity contribution < 1.29 is 14.3 Å². The molecule has 3 aliphatic rings. The maximum Gasteiger partial charge on any atom is 0.318 e. The first-order valence-corrected chi connectivity index (χ1v) is 16.4. The number of amides is 3. The minimum Gasteiger partial charge on any atom is -0.492 e. The number of halogens is 2. The van der Waals surface area contributed by atoms with Gasteiger partial charge in [-0.3, -0.25) is 9.69 Å². The van der Waals surface area contributed by atoms with Crippen LogP contribution in [-0.2, 0) is 11.2 Å². The molecule has 2 atom stereocenters. The second kappa shape index (κ2) is 15.0. The predicted molar refractivity (Wildman–Crippen MR) is 172 cm³/mol. The van der Waals surface area contributed by atoms with Crippen LogP contribution in [0.4, 0.5) is 4.79 Å². The Balaban J connectivity index is 1.22. The fourth-order valence-corrected chi connectivity index (χ4v) is 7.05. The summed E-state index contributed by atoms with van der Waals surface area (Å²) in [5.41, 5.74) is 2.01. The summed E-state index contributed by atoms with van der Waals surface area (Å²) < 4.78 is 6.27. The van der Waals surface area contributed by atoms with Crippen molar-refractivity contribution in [2.75, 3.05) is 66.5 Å². The number of likely N-dealkylation sites (tertiary alicyclic amines) is 3. The predicted octanol–water partition coefficient (Wildman–Crippen LogP) is 5.13. The van der Waals surface area contributed by atoms with E-state index in [0.717, 1.165) is 50.2 Å². The Bertz CT molecular complexity index is 1250. The number of carbonyl (C=O) groups excluding carboxylic acids is 2. The highest BCUT2D eigenvalue weighted by atomic mass is 35.5. The summed E-state index contributed by atoms with van der Waals surface area (Å²) >= 11 is 12.6. The lowest BCUT2D eigenvalue weighted by atomic mass is 9.88. The highest BCUT2D eigenvalue weighted by Crippen LogP contribution is 2.34. The molecule has 2 aromatic carbocycles. The minimum absolute atomic E-state index is 0.0729. The van der Waals surface area contributed by atoms with Gasteiger partial charge in [0, 0.05) is 55.2 Å². The topological polar surface area (TPSA) is 68.4 Å². The van der Waals surface area contributed by atoms with Crippen LogP contribution < -0.4 is 10.1 Å². The van der Waals surface area contributed by atoms with Crippen LogP contribution in [0.15, 0.2) is 42.5 Å². The standard InChI is InChI=1S/C33H45Cl2N5O3/c1-37(2)27-13-18-40(23-27)33(42)36-30(21-25-9-10-26(34)22-29(25)35)32(41)39-16-11-24(12-17-39)28-7-3-4-8-31(28)43-20-19-38-14-5-6-15-38/h3-4,7-10,22,24,27,30H,5-6,11-21,23H2,1-2H3,(H,36,42)/t27-,30+/m0/s1. The monoisotopic (exact) mass is 629 g/mol. The Morgan fingerprint density at radius 3 is 2.40 bits per heavy atom. The van der Waals surface area contributed by atoms with Crippen LogP contribution in [0, 0.1) is 0 Å². The van der Waals surface area contributed by atoms with Gasteiger partial charge in [-0.05, 0) is 94.5 Å². The van der Waals surface area contributed by atoms with Crippen molar-refractivity contribution >= 4 is 35.1 Å². The first kappa shape index (κ1) is 31.9. The molecular formula is C33H45Cl2N5O3. The summed E-state index contributed by atoms with van der Waals surface area (Å²) in [6, 6.07) is 13.0. The molecule has 0 spiro atoms. The number of hydrogen-bond donors (Lipinski definition) is 1. The fourth-order valence-electron chi connectivity index (χ4n) is 6.57. The van der Waals surface area contributed by atoms with Gasteiger partial charge in [-0.15, -0.1) is 0 Å². The van der Waals surface area contributed by atoms with Crippen LogP contribution in [0.3, 0.4) is 0 Å². The molecule has 1 N–H and O–H groups in total. The van der Waals surface area contributed by atoms with E-state index in [2.05, 4.69) is 33.3 Å². The van der Waals surface area contributed by atoms with Crippen molar-refractivity contribution in [3.8, 4) is 5.75 Å². The van der Waals surface area contributed by atoms with E-state index >= 15 is 0 Å². The van der Waals surface area contributed by atoms with Gasteiger partial charge in [0.25, 0.3) is 0 Å². The van der Waals surface area contributed by atoms with Gasteiger partial charge < -0.3 is 24.8 Å². The van der Waals surface area contributed by atoms with Crippen molar-refractivity contribution in [1.29, 1.82) is 0 Å². The average Bonchev–Trinajstić information content (AvgIpc) is 3.71. The summed E-state index contributed by atoms with van der Waals surface area (Å²) in [6.45, 7) is 6.54. The highest BCUT2D eigenvalue weighted by Gasteiger charge is 2.34. The number of carbonyl (C=O) groups is 2. The van der Waals surface area contributed by atoms with E-state index < -0.39 is 6.04 Å². The van der Waals surface area contributed by atoms with Crippen molar-refractivity contribution in [2.45, 2.75) is 56.5 Å². The smallest absolute Gasteiger partial charge is 0.318 e. The molecule has 43 heavy (non-hydrogen) atoms. The molecule has 3 saturated heterocycles. The molecule has 0 aliphatic carbocycles. The molecule has 3 heterocycles. The Labute approximate surface area is 266 Å². The fraction of sp³-hybridized carbons (Fsp3) is 0.576. The normalized spacial score (nSPS) is 20.5. The minimum atomic E-state index is -0.720. The van der Waals surface area contributed by atoms with Gasteiger partial charge in [-0.1, -0.05) is 47.5 Å². The van der Waals surface area contributed by atoms with Gasteiger partial charge in [0.1, 0.15) is 18.4 Å². The van der Waals surface area contributed by atoms with Gasteiger partial charge >= 0.3 is 6.03 Å². The Kier molecular flexibility index (Phi) is 11.1. The molecule has 234 valence electrons. The van der Waals surface area contributed by atoms with Gasteiger partial charge in [-0.2, -0.15) is 0 Å². The Morgan fingerprint density at radius 1 is 0.977 bits per heavy atom. The van der Waals surface area contributed by atoms with Crippen LogP contribution >= 0.6 is 23.2 Å². The van der Waals surface area contributed by atoms with E-state index in [9.17, 15) is 9.59 Å². The van der Waals surface area contributed by atoms with E-state index in [4.69, 9.17) is 27.9 Å². The number of ether oxygens (including phenoxy) is 1. The summed E-state index contributed by atoms with van der Waals surface area (Å²) in [7, 11) is 4.06. The van der Waals surface area contributed by atoms with E-state index in [1.54, 1.807) is 17.0 Å². The zero-order valence-corrected chi connectivity index (χ0v) is 27.0. The number of likely N-dealkylation sites (N-methyl/N-ethyl adjacent to an activating group) is 1. The number of urea groups is 1. The van der Waals surface area contributed by atoms with Gasteiger partial charge in [0.05, 0.1) is 0 Å². The van der Waals surface area contributed by atoms with Crippen molar-refractivity contribution in [3.63, 3.8) is 0 Å². The van der Waals surface area contributed by atoms with E-state index in [1.165, 1.54) is 18.4 Å². The first-order valence-electron chi connectivity index (χ1n) is 15.7. The molecule has 3 fully saturated rings. The molecule has 0 unspecified atom stereocenters. The molecule has 10 heteroatoms. The first-order chi connectivity index (χ1) is 20.8. The third-order valence-corrected chi connectivity index (χ3v) is 9.83. The summed E-state index contributed by atoms with van der Waals surface area (Å²) in [4.78, 5) is 35.6. The highest BCUT2D eigenvalue weighted by molar-refractivity contribution is 6.35. The third-order valence-electron chi connectivity index (χ3n) is 9.25. The number of rotatable bonds is 10. The van der Waals surface area contributed by atoms with Crippen LogP contribution in [0.2, 0.25) is 10.0 Å². The third kappa shape index (κ3) is 8.35. The molecule has 2 aromatic rings. The number of nitrogens with zero attached hydrogens (tertiary/aromatic N) is 4. The Morgan fingerprint density at radius 2 is 1.70 bits per heavy atom. The molecule has 0 bridgehead atoms. The van der Waals surface area contributed by atoms with Crippen molar-refractivity contribution in [2.24, 2.45) is 0 Å². The van der Waals surface area contributed by atoms with Crippen LogP contribution in [-0.4, -0.2) is 110 Å². The largest absolute Gasteiger partial charge is 0.492 e. The van der Waals surface area contributed by atoms with Crippen LogP contribution in [0.1, 0.15) is 49.1 Å². The number of hydrogen-bond acceptors (Lipinski definition) is 5. The quantitative estimate of drug-likeness (QED) is 0.395. The maximum atomic E-state index is 14.0. The molecule has 5 rings (SSSR count). The second-order valence-electron chi connectivity index (χ2n) is 12.3. The number of nitrogens with one attached hydrogen (secondary N) is 1. The van der Waals surface area contributed by atoms with Gasteiger partial charge in [-0.25, -0.2) is 4.79 Å². The number of piperidine rings is 1. The maximum absolute atomic E-state index is 14.0. The van der Waals surface area contributed by atoms with Gasteiger partial charge in [0.2, 0.25) is 5.91 Å². The van der Waals surface area contributed by atoms with E-state index in [0.29, 0.717) is 61.2 Å². The lowest BCUT2D eigenvalue weighted by Crippen LogP contribution is -2.54. The zero-order chi connectivity index (χ0) is 30.3. The van der Waals surface area contributed by atoms with Gasteiger partial charge in [0.15, 0.2) is 0 Å². The molecule has 0 aromatic heterocycles. The van der Waals surface area contributed by atoms with E-state index in [-0.39, 0.29) is 11.9 Å². The lowest BCUT2D eigenvalue weighted by molar-refractivity contribution is -0.134. The molecular weight excluding hydrogens is 585 g/mol. The molecule has 0 radical (unpaired) electrons. The number of para-hydroxylation sites is 1. The van der Waals surface area contributed by atoms with E-state index in [1.807, 2.05) is 31.1 Å². The average molecular weight is 631 g/mol. The SMILES string of the molecule is CN(C)[C@H]1CCN(C(=O)N[C@H](Cc2ccc(Cl)cc2Cl)C(=O)N2CCC(c3ccccc3OCCN3CCCC3)CC2)C1. The van der Waals surface area contributed by atoms with Crippen LogP contribution in [0.25, 0.3) is 0 Å². The molecule has 3 aliphatic heterocycles. The second-order valence-corrected chi connectivity index (χ2v) is 13.2.